The van der Waals surface area contributed by atoms with Gasteiger partial charge in [0.25, 0.3) is 0 Å². The van der Waals surface area contributed by atoms with Crippen molar-refractivity contribution in [2.45, 2.75) is 25.3 Å². The summed E-state index contributed by atoms with van der Waals surface area (Å²) < 4.78 is 5.79. The summed E-state index contributed by atoms with van der Waals surface area (Å²) >= 11 is 6.08. The van der Waals surface area contributed by atoms with Crippen molar-refractivity contribution in [2.24, 2.45) is 5.73 Å². The number of aryl methyl sites for hydroxylation is 1. The Morgan fingerprint density at radius 1 is 1.11 bits per heavy atom. The molecule has 0 spiro atoms. The van der Waals surface area contributed by atoms with E-state index in [4.69, 9.17) is 28.6 Å². The number of nitrogens with zero attached hydrogens (tertiary/aromatic N) is 2. The fraction of sp³-hybridized carbons (Fsp3) is 0.231. The summed E-state index contributed by atoms with van der Waals surface area (Å²) in [5, 5.41) is 8.52. The third-order valence-corrected chi connectivity index (χ3v) is 5.34. The number of urea groups is 1. The Kier molecular flexibility index (Phi) is 10.1. The van der Waals surface area contributed by atoms with Crippen molar-refractivity contribution in [3.63, 3.8) is 0 Å². The second kappa shape index (κ2) is 13.7. The maximum absolute atomic E-state index is 12.4. The fourth-order valence-corrected chi connectivity index (χ4v) is 3.39. The van der Waals surface area contributed by atoms with Gasteiger partial charge in [-0.25, -0.2) is 9.64 Å². The predicted octanol–water partition coefficient (Wildman–Crippen LogP) is 4.77. The van der Waals surface area contributed by atoms with Crippen LogP contribution >= 0.6 is 11.6 Å². The number of carbonyl (C=O) groups excluding carboxylic acids is 2. The molecule has 0 aliphatic carbocycles. The molecule has 0 aliphatic rings. The standard InChI is InChI=1S/C26H27ClN6O3/c1-29-20-10-13-24(31-17-20)33-26(35)32-22-16-19(27)9-12-23(22)36-15-5-14-30-25(34)21(28)11-8-18-6-3-2-4-7-18/h2-4,6-7,9-10,12-13,16-17,21H,5,8,11,14-15,28H2,(H,30,34)(H2,31,32,33,35). The van der Waals surface area contributed by atoms with E-state index in [1.807, 2.05) is 30.3 Å². The van der Waals surface area contributed by atoms with Crippen LogP contribution in [0, 0.1) is 6.57 Å². The summed E-state index contributed by atoms with van der Waals surface area (Å²) in [6, 6.07) is 16.7. The molecule has 0 bridgehead atoms. The summed E-state index contributed by atoms with van der Waals surface area (Å²) in [5.41, 5.74) is 7.90. The van der Waals surface area contributed by atoms with Crippen LogP contribution in [0.25, 0.3) is 4.85 Å². The molecule has 1 heterocycles. The number of nitrogens with two attached hydrogens (primary N) is 1. The molecule has 3 rings (SSSR count). The number of pyridine rings is 1. The minimum atomic E-state index is -0.580. The van der Waals surface area contributed by atoms with Crippen molar-refractivity contribution < 1.29 is 14.3 Å². The van der Waals surface area contributed by atoms with Gasteiger partial charge in [0.1, 0.15) is 11.6 Å². The molecule has 186 valence electrons. The first-order valence-corrected chi connectivity index (χ1v) is 11.7. The van der Waals surface area contributed by atoms with Crippen molar-refractivity contribution in [1.29, 1.82) is 0 Å². The number of anilines is 2. The minimum Gasteiger partial charge on any atom is -0.491 e. The summed E-state index contributed by atoms with van der Waals surface area (Å²) in [5.74, 6) is 0.522. The van der Waals surface area contributed by atoms with Crippen LogP contribution in [0.5, 0.6) is 5.75 Å². The van der Waals surface area contributed by atoms with Crippen LogP contribution < -0.4 is 26.4 Å². The van der Waals surface area contributed by atoms with Gasteiger partial charge in [-0.2, -0.15) is 0 Å². The quantitative estimate of drug-likeness (QED) is 0.220. The number of amides is 3. The first kappa shape index (κ1) is 26.5. The molecular weight excluding hydrogens is 480 g/mol. The predicted molar refractivity (Wildman–Crippen MR) is 140 cm³/mol. The van der Waals surface area contributed by atoms with Gasteiger partial charge < -0.3 is 21.1 Å². The van der Waals surface area contributed by atoms with Gasteiger partial charge in [-0.15, -0.1) is 0 Å². The van der Waals surface area contributed by atoms with E-state index < -0.39 is 12.1 Å². The Balaban J connectivity index is 1.42. The lowest BCUT2D eigenvalue weighted by Gasteiger charge is -2.15. The molecule has 1 aromatic heterocycles. The Labute approximate surface area is 214 Å². The number of nitrogens with one attached hydrogen (secondary N) is 3. The summed E-state index contributed by atoms with van der Waals surface area (Å²) in [6.07, 6.45) is 3.21. The maximum atomic E-state index is 12.4. The van der Waals surface area contributed by atoms with Gasteiger partial charge >= 0.3 is 6.03 Å². The number of hydrogen-bond donors (Lipinski definition) is 4. The number of ether oxygens (including phenoxy) is 1. The van der Waals surface area contributed by atoms with Crippen molar-refractivity contribution in [2.75, 3.05) is 23.8 Å². The van der Waals surface area contributed by atoms with Gasteiger partial charge in [0.05, 0.1) is 24.9 Å². The molecular formula is C26H27ClN6O3. The largest absolute Gasteiger partial charge is 0.491 e. The van der Waals surface area contributed by atoms with E-state index in [2.05, 4.69) is 25.8 Å². The molecule has 0 aliphatic heterocycles. The van der Waals surface area contributed by atoms with Crippen LogP contribution in [0.2, 0.25) is 5.02 Å². The third-order valence-electron chi connectivity index (χ3n) is 5.11. The van der Waals surface area contributed by atoms with E-state index >= 15 is 0 Å². The Bertz CT molecular complexity index is 1200. The molecule has 0 radical (unpaired) electrons. The Hall–Kier alpha value is -4.13. The minimum absolute atomic E-state index is 0.200. The molecule has 36 heavy (non-hydrogen) atoms. The van der Waals surface area contributed by atoms with E-state index in [0.29, 0.717) is 54.0 Å². The fourth-order valence-electron chi connectivity index (χ4n) is 3.22. The van der Waals surface area contributed by atoms with Crippen LogP contribution in [0.3, 0.4) is 0 Å². The number of carbonyl (C=O) groups is 2. The average molecular weight is 507 g/mol. The number of aromatic nitrogens is 1. The molecule has 0 saturated carbocycles. The van der Waals surface area contributed by atoms with Crippen molar-refractivity contribution in [3.05, 3.63) is 88.9 Å². The van der Waals surface area contributed by atoms with Crippen LogP contribution in [0.15, 0.2) is 66.9 Å². The van der Waals surface area contributed by atoms with Gasteiger partial charge in [-0.1, -0.05) is 48.0 Å². The average Bonchev–Trinajstić information content (AvgIpc) is 2.89. The zero-order chi connectivity index (χ0) is 25.8. The lowest BCUT2D eigenvalue weighted by atomic mass is 10.1. The molecule has 9 nitrogen and oxygen atoms in total. The molecule has 3 amide bonds. The first-order chi connectivity index (χ1) is 17.4. The molecule has 0 saturated heterocycles. The monoisotopic (exact) mass is 506 g/mol. The van der Waals surface area contributed by atoms with E-state index in [0.717, 1.165) is 12.0 Å². The Morgan fingerprint density at radius 2 is 1.92 bits per heavy atom. The van der Waals surface area contributed by atoms with Gasteiger partial charge in [-0.3, -0.25) is 15.1 Å². The highest BCUT2D eigenvalue weighted by atomic mass is 35.5. The van der Waals surface area contributed by atoms with E-state index in [9.17, 15) is 9.59 Å². The normalized spacial score (nSPS) is 11.1. The number of halogens is 1. The smallest absolute Gasteiger partial charge is 0.324 e. The topological polar surface area (TPSA) is 123 Å². The van der Waals surface area contributed by atoms with E-state index in [1.54, 1.807) is 24.3 Å². The van der Waals surface area contributed by atoms with Crippen LogP contribution in [0.4, 0.5) is 22.0 Å². The van der Waals surface area contributed by atoms with E-state index in [-0.39, 0.29) is 5.91 Å². The molecule has 1 unspecified atom stereocenters. The van der Waals surface area contributed by atoms with Crippen LogP contribution in [-0.4, -0.2) is 36.1 Å². The summed E-state index contributed by atoms with van der Waals surface area (Å²) in [7, 11) is 0. The van der Waals surface area contributed by atoms with Gasteiger partial charge in [0, 0.05) is 17.8 Å². The zero-order valence-electron chi connectivity index (χ0n) is 19.5. The highest BCUT2D eigenvalue weighted by Gasteiger charge is 2.13. The maximum Gasteiger partial charge on any atom is 0.324 e. The van der Waals surface area contributed by atoms with Gasteiger partial charge in [-0.05, 0) is 49.1 Å². The third kappa shape index (κ3) is 8.58. The Morgan fingerprint density at radius 3 is 2.64 bits per heavy atom. The lowest BCUT2D eigenvalue weighted by molar-refractivity contribution is -0.122. The zero-order valence-corrected chi connectivity index (χ0v) is 20.3. The van der Waals surface area contributed by atoms with Gasteiger partial charge in [0.15, 0.2) is 0 Å². The molecule has 0 fully saturated rings. The van der Waals surface area contributed by atoms with E-state index in [1.165, 1.54) is 12.3 Å². The number of hydrogen-bond acceptors (Lipinski definition) is 5. The SMILES string of the molecule is [C-]#[N+]c1ccc(NC(=O)Nc2cc(Cl)ccc2OCCCNC(=O)C(N)CCc2ccccc2)nc1. The van der Waals surface area contributed by atoms with Gasteiger partial charge in [0.2, 0.25) is 11.6 Å². The molecule has 1 atom stereocenters. The number of benzene rings is 2. The molecule has 5 N–H and O–H groups in total. The first-order valence-electron chi connectivity index (χ1n) is 11.4. The lowest BCUT2D eigenvalue weighted by Crippen LogP contribution is -2.41. The van der Waals surface area contributed by atoms with Crippen molar-refractivity contribution in [3.8, 4) is 5.75 Å². The van der Waals surface area contributed by atoms with Crippen molar-refractivity contribution >= 4 is 40.7 Å². The highest BCUT2D eigenvalue weighted by molar-refractivity contribution is 6.31. The van der Waals surface area contributed by atoms with Crippen LogP contribution in [0.1, 0.15) is 18.4 Å². The number of rotatable bonds is 11. The molecule has 10 heteroatoms. The second-order valence-corrected chi connectivity index (χ2v) is 8.29. The highest BCUT2D eigenvalue weighted by Crippen LogP contribution is 2.28. The molecule has 2 aromatic carbocycles. The van der Waals surface area contributed by atoms with Crippen LogP contribution in [-0.2, 0) is 11.2 Å². The summed E-state index contributed by atoms with van der Waals surface area (Å²) in [4.78, 5) is 31.9. The summed E-state index contributed by atoms with van der Waals surface area (Å²) in [6.45, 7) is 7.66. The van der Waals surface area contributed by atoms with Crippen molar-refractivity contribution in [1.82, 2.24) is 10.3 Å². The second-order valence-electron chi connectivity index (χ2n) is 7.86. The molecule has 3 aromatic rings.